The van der Waals surface area contributed by atoms with Crippen LogP contribution in [-0.2, 0) is 0 Å². The molecule has 0 aromatic carbocycles. The molecule has 3 heteroatoms. The van der Waals surface area contributed by atoms with Gasteiger partial charge in [-0.15, -0.1) is 0 Å². The second-order valence-corrected chi connectivity index (χ2v) is 4.57. The molecule has 0 spiro atoms. The third-order valence-electron chi connectivity index (χ3n) is 3.49. The quantitative estimate of drug-likeness (QED) is 0.583. The highest BCUT2D eigenvalue weighted by Crippen LogP contribution is 2.42. The van der Waals surface area contributed by atoms with E-state index in [-0.39, 0.29) is 6.04 Å². The van der Waals surface area contributed by atoms with Crippen molar-refractivity contribution in [1.29, 1.82) is 0 Å². The fraction of sp³-hybridized carbons (Fsp3) is 0.583. The number of hydrazine groups is 1. The zero-order chi connectivity index (χ0) is 10.8. The molecule has 3 nitrogen and oxygen atoms in total. The maximum atomic E-state index is 5.66. The molecule has 1 saturated carbocycles. The summed E-state index contributed by atoms with van der Waals surface area (Å²) in [5.74, 6) is 7.10. The minimum absolute atomic E-state index is 0.242. The molecule has 1 aliphatic carbocycles. The predicted molar refractivity (Wildman–Crippen MR) is 60.9 cm³/mol. The van der Waals surface area contributed by atoms with Gasteiger partial charge in [-0.2, -0.15) is 0 Å². The highest BCUT2D eigenvalue weighted by molar-refractivity contribution is 5.25. The smallest absolute Gasteiger partial charge is 0.0506 e. The molecule has 15 heavy (non-hydrogen) atoms. The van der Waals surface area contributed by atoms with E-state index >= 15 is 0 Å². The molecule has 2 unspecified atom stereocenters. The Bertz CT molecular complexity index is 333. The first kappa shape index (κ1) is 10.6. The van der Waals surface area contributed by atoms with E-state index in [1.807, 2.05) is 18.5 Å². The summed E-state index contributed by atoms with van der Waals surface area (Å²) in [5, 5.41) is 0. The number of aryl methyl sites for hydroxylation is 1. The van der Waals surface area contributed by atoms with Crippen LogP contribution in [0.2, 0.25) is 0 Å². The highest BCUT2D eigenvalue weighted by Gasteiger charge is 2.34. The number of aromatic nitrogens is 1. The SMILES string of the molecule is Cc1ccncc1C(NN)C(C)C1CC1. The van der Waals surface area contributed by atoms with Gasteiger partial charge in [0.05, 0.1) is 6.04 Å². The summed E-state index contributed by atoms with van der Waals surface area (Å²) in [6, 6.07) is 2.28. The lowest BCUT2D eigenvalue weighted by molar-refractivity contribution is 0.352. The van der Waals surface area contributed by atoms with Gasteiger partial charge in [-0.1, -0.05) is 6.92 Å². The Hall–Kier alpha value is -0.930. The average molecular weight is 205 g/mol. The van der Waals surface area contributed by atoms with Gasteiger partial charge in [0, 0.05) is 12.4 Å². The molecule has 82 valence electrons. The summed E-state index contributed by atoms with van der Waals surface area (Å²) in [4.78, 5) is 4.18. The summed E-state index contributed by atoms with van der Waals surface area (Å²) < 4.78 is 0. The first-order valence-corrected chi connectivity index (χ1v) is 5.60. The van der Waals surface area contributed by atoms with Crippen molar-refractivity contribution in [3.8, 4) is 0 Å². The van der Waals surface area contributed by atoms with E-state index in [0.717, 1.165) is 5.92 Å². The summed E-state index contributed by atoms with van der Waals surface area (Å²) in [6.45, 7) is 4.38. The number of nitrogens with one attached hydrogen (secondary N) is 1. The molecule has 0 saturated heterocycles. The van der Waals surface area contributed by atoms with Crippen molar-refractivity contribution in [2.75, 3.05) is 0 Å². The second kappa shape index (κ2) is 4.29. The van der Waals surface area contributed by atoms with Gasteiger partial charge in [-0.05, 0) is 48.8 Å². The molecule has 2 atom stereocenters. The number of hydrogen-bond donors (Lipinski definition) is 2. The van der Waals surface area contributed by atoms with Crippen LogP contribution >= 0.6 is 0 Å². The van der Waals surface area contributed by atoms with Gasteiger partial charge >= 0.3 is 0 Å². The van der Waals surface area contributed by atoms with Crippen molar-refractivity contribution >= 4 is 0 Å². The number of pyridine rings is 1. The summed E-state index contributed by atoms with van der Waals surface area (Å²) in [6.07, 6.45) is 6.45. The van der Waals surface area contributed by atoms with Crippen molar-refractivity contribution in [3.63, 3.8) is 0 Å². The van der Waals surface area contributed by atoms with E-state index in [9.17, 15) is 0 Å². The standard InChI is InChI=1S/C12H19N3/c1-8-5-6-14-7-11(8)12(15-13)9(2)10-3-4-10/h5-7,9-10,12,15H,3-4,13H2,1-2H3. The highest BCUT2D eigenvalue weighted by atomic mass is 15.2. The van der Waals surface area contributed by atoms with Gasteiger partial charge in [-0.3, -0.25) is 16.3 Å². The zero-order valence-electron chi connectivity index (χ0n) is 9.40. The largest absolute Gasteiger partial charge is 0.271 e. The van der Waals surface area contributed by atoms with Gasteiger partial charge < -0.3 is 0 Å². The van der Waals surface area contributed by atoms with Crippen LogP contribution in [0.3, 0.4) is 0 Å². The molecule has 0 amide bonds. The normalized spacial score (nSPS) is 19.9. The fourth-order valence-corrected chi connectivity index (χ4v) is 2.22. The van der Waals surface area contributed by atoms with E-state index in [1.165, 1.54) is 24.0 Å². The van der Waals surface area contributed by atoms with Crippen molar-refractivity contribution in [3.05, 3.63) is 29.6 Å². The predicted octanol–water partition coefficient (Wildman–Crippen LogP) is 1.94. The third kappa shape index (κ3) is 2.19. The molecule has 1 aromatic heterocycles. The van der Waals surface area contributed by atoms with Gasteiger partial charge in [-0.25, -0.2) is 0 Å². The number of rotatable bonds is 4. The minimum Gasteiger partial charge on any atom is -0.271 e. The van der Waals surface area contributed by atoms with Gasteiger partial charge in [0.2, 0.25) is 0 Å². The molecule has 1 fully saturated rings. The Balaban J connectivity index is 2.21. The van der Waals surface area contributed by atoms with Crippen LogP contribution in [-0.4, -0.2) is 4.98 Å². The molecular formula is C12H19N3. The molecule has 0 aliphatic heterocycles. The molecule has 1 aromatic rings. The van der Waals surface area contributed by atoms with Crippen LogP contribution < -0.4 is 11.3 Å². The first-order chi connectivity index (χ1) is 7.24. The van der Waals surface area contributed by atoms with Gasteiger partial charge in [0.1, 0.15) is 0 Å². The molecule has 1 aliphatic rings. The topological polar surface area (TPSA) is 50.9 Å². The van der Waals surface area contributed by atoms with E-state index in [0.29, 0.717) is 5.92 Å². The van der Waals surface area contributed by atoms with E-state index in [1.54, 1.807) is 0 Å². The monoisotopic (exact) mass is 205 g/mol. The minimum atomic E-state index is 0.242. The molecule has 2 rings (SSSR count). The maximum absolute atomic E-state index is 5.66. The van der Waals surface area contributed by atoms with Gasteiger partial charge in [0.25, 0.3) is 0 Å². The molecular weight excluding hydrogens is 186 g/mol. The van der Waals surface area contributed by atoms with Crippen LogP contribution in [0.4, 0.5) is 0 Å². The lowest BCUT2D eigenvalue weighted by Gasteiger charge is -2.24. The molecule has 1 heterocycles. The van der Waals surface area contributed by atoms with Crippen molar-refractivity contribution in [2.45, 2.75) is 32.7 Å². The van der Waals surface area contributed by atoms with Crippen LogP contribution in [0.5, 0.6) is 0 Å². The Morgan fingerprint density at radius 2 is 2.27 bits per heavy atom. The Labute approximate surface area is 91.1 Å². The summed E-state index contributed by atoms with van der Waals surface area (Å²) in [7, 11) is 0. The summed E-state index contributed by atoms with van der Waals surface area (Å²) >= 11 is 0. The Morgan fingerprint density at radius 1 is 1.53 bits per heavy atom. The number of nitrogens with two attached hydrogens (primary N) is 1. The lowest BCUT2D eigenvalue weighted by atomic mass is 9.90. The maximum Gasteiger partial charge on any atom is 0.0506 e. The Kier molecular flexibility index (Phi) is 3.03. The third-order valence-corrected chi connectivity index (χ3v) is 3.49. The van der Waals surface area contributed by atoms with E-state index < -0.39 is 0 Å². The first-order valence-electron chi connectivity index (χ1n) is 5.60. The fourth-order valence-electron chi connectivity index (χ4n) is 2.22. The molecule has 0 bridgehead atoms. The van der Waals surface area contributed by atoms with Crippen LogP contribution in [0.15, 0.2) is 18.5 Å². The van der Waals surface area contributed by atoms with Crippen molar-refractivity contribution in [1.82, 2.24) is 10.4 Å². The average Bonchev–Trinajstić information content (AvgIpc) is 3.05. The summed E-state index contributed by atoms with van der Waals surface area (Å²) in [5.41, 5.74) is 5.44. The Morgan fingerprint density at radius 3 is 2.80 bits per heavy atom. The van der Waals surface area contributed by atoms with Crippen LogP contribution in [0.1, 0.15) is 36.9 Å². The molecule has 3 N–H and O–H groups in total. The van der Waals surface area contributed by atoms with Gasteiger partial charge in [0.15, 0.2) is 0 Å². The van der Waals surface area contributed by atoms with Crippen LogP contribution in [0.25, 0.3) is 0 Å². The van der Waals surface area contributed by atoms with E-state index in [4.69, 9.17) is 5.84 Å². The van der Waals surface area contributed by atoms with E-state index in [2.05, 4.69) is 24.3 Å². The van der Waals surface area contributed by atoms with Crippen molar-refractivity contribution in [2.24, 2.45) is 17.7 Å². The van der Waals surface area contributed by atoms with Crippen molar-refractivity contribution < 1.29 is 0 Å². The molecule has 0 radical (unpaired) electrons. The second-order valence-electron chi connectivity index (χ2n) is 4.57. The van der Waals surface area contributed by atoms with Crippen LogP contribution in [0, 0.1) is 18.8 Å². The zero-order valence-corrected chi connectivity index (χ0v) is 9.40. The number of hydrogen-bond acceptors (Lipinski definition) is 3. The lowest BCUT2D eigenvalue weighted by Crippen LogP contribution is -2.33. The number of nitrogens with zero attached hydrogens (tertiary/aromatic N) is 1.